The molecule has 1 unspecified atom stereocenters. The number of anilines is 1. The van der Waals surface area contributed by atoms with Gasteiger partial charge in [-0.2, -0.15) is 0 Å². The molecule has 0 spiro atoms. The molecule has 1 amide bonds. The normalized spacial score (nSPS) is 12.1. The molecule has 31 heavy (non-hydrogen) atoms. The van der Waals surface area contributed by atoms with Gasteiger partial charge in [0.1, 0.15) is 5.75 Å². The number of halogens is 2. The number of aromatic nitrogens is 2. The predicted octanol–water partition coefficient (Wildman–Crippen LogP) is 4.46. The van der Waals surface area contributed by atoms with Crippen molar-refractivity contribution in [1.82, 2.24) is 9.55 Å². The van der Waals surface area contributed by atoms with E-state index >= 15 is 0 Å². The van der Waals surface area contributed by atoms with E-state index in [1.165, 1.54) is 5.56 Å². The van der Waals surface area contributed by atoms with Crippen molar-refractivity contribution in [3.05, 3.63) is 78.4 Å². The Morgan fingerprint density at radius 2 is 1.81 bits per heavy atom. The zero-order chi connectivity index (χ0) is 20.6. The molecular formula is C23H30Cl2N4O2. The summed E-state index contributed by atoms with van der Waals surface area (Å²) in [6, 6.07) is 16.8. The molecule has 0 saturated heterocycles. The molecule has 0 saturated carbocycles. The van der Waals surface area contributed by atoms with Crippen LogP contribution in [0.3, 0.4) is 0 Å². The van der Waals surface area contributed by atoms with Crippen LogP contribution in [0.1, 0.15) is 31.5 Å². The van der Waals surface area contributed by atoms with Crippen molar-refractivity contribution in [2.24, 2.45) is 5.73 Å². The van der Waals surface area contributed by atoms with E-state index in [-0.39, 0.29) is 36.8 Å². The zero-order valence-corrected chi connectivity index (χ0v) is 19.4. The third-order valence-electron chi connectivity index (χ3n) is 4.69. The maximum Gasteiger partial charge on any atom is 0.241 e. The van der Waals surface area contributed by atoms with Crippen molar-refractivity contribution >= 4 is 36.4 Å². The van der Waals surface area contributed by atoms with Crippen molar-refractivity contribution in [2.45, 2.75) is 45.4 Å². The molecular weight excluding hydrogens is 435 g/mol. The number of ether oxygens (including phenoxy) is 1. The number of benzene rings is 2. The van der Waals surface area contributed by atoms with Crippen LogP contribution in [0.4, 0.5) is 5.69 Å². The van der Waals surface area contributed by atoms with Crippen LogP contribution >= 0.6 is 24.8 Å². The van der Waals surface area contributed by atoms with Crippen LogP contribution in [0.5, 0.6) is 5.75 Å². The molecule has 3 rings (SSSR count). The maximum absolute atomic E-state index is 12.4. The molecule has 2 aromatic carbocycles. The quantitative estimate of drug-likeness (QED) is 0.489. The first-order valence-corrected chi connectivity index (χ1v) is 9.91. The SMILES string of the molecule is CCC(C)Oc1ccc(NC(=O)[C@@H](N)Cc2cn(Cc3ccccc3)cn2)cc1.Cl.Cl. The van der Waals surface area contributed by atoms with Crippen LogP contribution in [0.2, 0.25) is 0 Å². The van der Waals surface area contributed by atoms with Crippen molar-refractivity contribution in [2.75, 3.05) is 5.32 Å². The number of nitrogens with two attached hydrogens (primary N) is 1. The number of carbonyl (C=O) groups is 1. The average Bonchev–Trinajstić information content (AvgIpc) is 3.16. The maximum atomic E-state index is 12.4. The van der Waals surface area contributed by atoms with Gasteiger partial charge in [0.2, 0.25) is 5.91 Å². The lowest BCUT2D eigenvalue weighted by Gasteiger charge is -2.14. The van der Waals surface area contributed by atoms with Gasteiger partial charge in [-0.3, -0.25) is 4.79 Å². The monoisotopic (exact) mass is 464 g/mol. The molecule has 1 aromatic heterocycles. The third kappa shape index (κ3) is 8.25. The number of nitrogens with one attached hydrogen (secondary N) is 1. The van der Waals surface area contributed by atoms with Crippen LogP contribution in [0.25, 0.3) is 0 Å². The lowest BCUT2D eigenvalue weighted by atomic mass is 10.1. The summed E-state index contributed by atoms with van der Waals surface area (Å²) in [6.45, 7) is 4.83. The smallest absolute Gasteiger partial charge is 0.241 e. The Kier molecular flexibility index (Phi) is 11.1. The van der Waals surface area contributed by atoms with Crippen molar-refractivity contribution in [3.8, 4) is 5.75 Å². The molecule has 0 fully saturated rings. The summed E-state index contributed by atoms with van der Waals surface area (Å²) >= 11 is 0. The number of hydrogen-bond donors (Lipinski definition) is 2. The Labute approximate surface area is 196 Å². The van der Waals surface area contributed by atoms with Gasteiger partial charge in [-0.25, -0.2) is 4.98 Å². The van der Waals surface area contributed by atoms with E-state index in [4.69, 9.17) is 10.5 Å². The highest BCUT2D eigenvalue weighted by atomic mass is 35.5. The first-order valence-electron chi connectivity index (χ1n) is 9.91. The number of hydrogen-bond acceptors (Lipinski definition) is 4. The van der Waals surface area contributed by atoms with E-state index in [2.05, 4.69) is 29.4 Å². The summed E-state index contributed by atoms with van der Waals surface area (Å²) in [6.07, 6.45) is 5.17. The summed E-state index contributed by atoms with van der Waals surface area (Å²) < 4.78 is 7.74. The van der Waals surface area contributed by atoms with E-state index in [0.29, 0.717) is 12.1 Å². The van der Waals surface area contributed by atoms with Gasteiger partial charge in [-0.15, -0.1) is 24.8 Å². The minimum Gasteiger partial charge on any atom is -0.491 e. The Morgan fingerprint density at radius 3 is 2.45 bits per heavy atom. The van der Waals surface area contributed by atoms with Crippen LogP contribution in [-0.2, 0) is 17.8 Å². The standard InChI is InChI=1S/C23H28N4O2.2ClH/c1-3-17(2)29-21-11-9-19(10-12-21)26-23(28)22(24)13-20-15-27(16-25-20)14-18-7-5-4-6-8-18;;/h4-12,15-17,22H,3,13-14,24H2,1-2H3,(H,26,28);2*1H/t17?,22-;;/m0../s1. The fourth-order valence-corrected chi connectivity index (χ4v) is 2.88. The summed E-state index contributed by atoms with van der Waals surface area (Å²) in [4.78, 5) is 16.8. The molecule has 3 N–H and O–H groups in total. The van der Waals surface area contributed by atoms with Gasteiger partial charge in [-0.1, -0.05) is 37.3 Å². The summed E-state index contributed by atoms with van der Waals surface area (Å²) in [5.41, 5.74) is 8.76. The molecule has 2 atom stereocenters. The molecule has 0 bridgehead atoms. The van der Waals surface area contributed by atoms with E-state index in [1.54, 1.807) is 6.33 Å². The van der Waals surface area contributed by atoms with Gasteiger partial charge in [0, 0.05) is 24.8 Å². The van der Waals surface area contributed by atoms with E-state index in [1.807, 2.05) is 60.2 Å². The fraction of sp³-hybridized carbons (Fsp3) is 0.304. The second kappa shape index (κ2) is 13.0. The van der Waals surface area contributed by atoms with Gasteiger partial charge in [0.05, 0.1) is 24.2 Å². The van der Waals surface area contributed by atoms with Crippen molar-refractivity contribution in [3.63, 3.8) is 0 Å². The molecule has 0 aliphatic rings. The van der Waals surface area contributed by atoms with Gasteiger partial charge in [-0.05, 0) is 43.2 Å². The predicted molar refractivity (Wildman–Crippen MR) is 129 cm³/mol. The second-order valence-corrected chi connectivity index (χ2v) is 7.18. The molecule has 6 nitrogen and oxygen atoms in total. The van der Waals surface area contributed by atoms with Crippen LogP contribution in [0, 0.1) is 0 Å². The summed E-state index contributed by atoms with van der Waals surface area (Å²) in [5, 5.41) is 2.85. The molecule has 1 heterocycles. The van der Waals surface area contributed by atoms with Crippen LogP contribution in [-0.4, -0.2) is 27.6 Å². The lowest BCUT2D eigenvalue weighted by molar-refractivity contribution is -0.117. The Morgan fingerprint density at radius 1 is 1.13 bits per heavy atom. The minimum absolute atomic E-state index is 0. The molecule has 0 aliphatic carbocycles. The van der Waals surface area contributed by atoms with E-state index in [0.717, 1.165) is 24.4 Å². The average molecular weight is 465 g/mol. The number of nitrogens with zero attached hydrogens (tertiary/aromatic N) is 2. The minimum atomic E-state index is -0.675. The number of rotatable bonds is 9. The zero-order valence-electron chi connectivity index (χ0n) is 17.7. The summed E-state index contributed by atoms with van der Waals surface area (Å²) in [7, 11) is 0. The number of imidazole rings is 1. The van der Waals surface area contributed by atoms with Crippen molar-refractivity contribution < 1.29 is 9.53 Å². The lowest BCUT2D eigenvalue weighted by Crippen LogP contribution is -2.37. The Bertz CT molecular complexity index is 917. The number of amides is 1. The second-order valence-electron chi connectivity index (χ2n) is 7.18. The highest BCUT2D eigenvalue weighted by molar-refractivity contribution is 5.94. The van der Waals surface area contributed by atoms with Crippen LogP contribution < -0.4 is 15.8 Å². The van der Waals surface area contributed by atoms with Gasteiger partial charge in [0.25, 0.3) is 0 Å². The fourth-order valence-electron chi connectivity index (χ4n) is 2.88. The molecule has 8 heteroatoms. The Hall–Kier alpha value is -2.54. The van der Waals surface area contributed by atoms with Crippen molar-refractivity contribution in [1.29, 1.82) is 0 Å². The van der Waals surface area contributed by atoms with E-state index in [9.17, 15) is 4.79 Å². The molecule has 0 aliphatic heterocycles. The van der Waals surface area contributed by atoms with Gasteiger partial charge in [0.15, 0.2) is 0 Å². The van der Waals surface area contributed by atoms with Gasteiger partial charge < -0.3 is 20.4 Å². The molecule has 168 valence electrons. The summed E-state index contributed by atoms with van der Waals surface area (Å²) in [5.74, 6) is 0.545. The van der Waals surface area contributed by atoms with Gasteiger partial charge >= 0.3 is 0 Å². The highest BCUT2D eigenvalue weighted by Crippen LogP contribution is 2.18. The first-order chi connectivity index (χ1) is 14.0. The third-order valence-corrected chi connectivity index (χ3v) is 4.69. The molecule has 0 radical (unpaired) electrons. The Balaban J connectivity index is 0.00000240. The largest absolute Gasteiger partial charge is 0.491 e. The van der Waals surface area contributed by atoms with E-state index < -0.39 is 6.04 Å². The number of carbonyl (C=O) groups excluding carboxylic acids is 1. The molecule has 3 aromatic rings. The highest BCUT2D eigenvalue weighted by Gasteiger charge is 2.16. The topological polar surface area (TPSA) is 82.2 Å². The first kappa shape index (κ1) is 26.5. The van der Waals surface area contributed by atoms with Crippen LogP contribution in [0.15, 0.2) is 67.1 Å².